The molecule has 9 heteroatoms. The van der Waals surface area contributed by atoms with Crippen molar-refractivity contribution in [3.05, 3.63) is 69.0 Å². The van der Waals surface area contributed by atoms with Crippen molar-refractivity contribution < 1.29 is 4.42 Å². The molecule has 0 radical (unpaired) electrons. The zero-order chi connectivity index (χ0) is 19.7. The third kappa shape index (κ3) is 4.02. The van der Waals surface area contributed by atoms with Gasteiger partial charge in [0.1, 0.15) is 0 Å². The van der Waals surface area contributed by atoms with E-state index < -0.39 is 0 Å². The number of hydrogen-bond acceptors (Lipinski definition) is 5. The van der Waals surface area contributed by atoms with Crippen LogP contribution in [0.1, 0.15) is 22.8 Å². The summed E-state index contributed by atoms with van der Waals surface area (Å²) in [4.78, 5) is 0. The molecule has 144 valence electrons. The molecule has 4 aromatic rings. The van der Waals surface area contributed by atoms with E-state index in [4.69, 9.17) is 16.0 Å². The number of aryl methyl sites for hydroxylation is 3. The van der Waals surface area contributed by atoms with Gasteiger partial charge in [0, 0.05) is 24.7 Å². The maximum Gasteiger partial charge on any atom is 0.247 e. The molecule has 0 fully saturated rings. The third-order valence-corrected chi connectivity index (χ3v) is 5.40. The predicted octanol–water partition coefficient (Wildman–Crippen LogP) is 4.45. The molecule has 0 unspecified atom stereocenters. The molecule has 0 aliphatic carbocycles. The average Bonchev–Trinajstić information content (AvgIpc) is 3.38. The molecule has 0 atom stereocenters. The van der Waals surface area contributed by atoms with Crippen molar-refractivity contribution >= 4 is 27.5 Å². The molecular weight excluding hydrogens is 444 g/mol. The highest BCUT2D eigenvalue weighted by Gasteiger charge is 2.12. The molecule has 0 bridgehead atoms. The molecular formula is C19H18BrClN6O. The Balaban J connectivity index is 1.41. The van der Waals surface area contributed by atoms with Gasteiger partial charge in [0.25, 0.3) is 0 Å². The molecule has 0 saturated heterocycles. The molecule has 0 saturated carbocycles. The first-order valence-electron chi connectivity index (χ1n) is 8.79. The molecule has 0 N–H and O–H groups in total. The van der Waals surface area contributed by atoms with Crippen molar-refractivity contribution in [3.8, 4) is 11.5 Å². The Morgan fingerprint density at radius 3 is 2.57 bits per heavy atom. The van der Waals surface area contributed by atoms with Crippen molar-refractivity contribution in [2.75, 3.05) is 0 Å². The fraction of sp³-hybridized carbons (Fsp3) is 0.263. The van der Waals surface area contributed by atoms with Crippen LogP contribution in [0.3, 0.4) is 0 Å². The van der Waals surface area contributed by atoms with Crippen molar-refractivity contribution in [2.45, 2.75) is 33.4 Å². The van der Waals surface area contributed by atoms with Crippen LogP contribution >= 0.6 is 27.5 Å². The van der Waals surface area contributed by atoms with Crippen molar-refractivity contribution in [3.63, 3.8) is 0 Å². The third-order valence-electron chi connectivity index (χ3n) is 4.44. The van der Waals surface area contributed by atoms with Crippen LogP contribution in [0.2, 0.25) is 5.02 Å². The van der Waals surface area contributed by atoms with Crippen LogP contribution in [0.15, 0.2) is 45.5 Å². The van der Waals surface area contributed by atoms with Gasteiger partial charge in [-0.2, -0.15) is 10.2 Å². The number of aromatic nitrogens is 6. The largest absolute Gasteiger partial charge is 0.421 e. The fourth-order valence-electron chi connectivity index (χ4n) is 2.93. The van der Waals surface area contributed by atoms with Crippen LogP contribution in [-0.2, 0) is 19.5 Å². The molecule has 3 aromatic heterocycles. The van der Waals surface area contributed by atoms with E-state index in [1.165, 1.54) is 0 Å². The summed E-state index contributed by atoms with van der Waals surface area (Å²) in [6.07, 6.45) is 4.31. The monoisotopic (exact) mass is 460 g/mol. The van der Waals surface area contributed by atoms with Gasteiger partial charge >= 0.3 is 0 Å². The molecule has 1 aromatic carbocycles. The Kier molecular flexibility index (Phi) is 5.32. The molecule has 3 heterocycles. The number of rotatable bonds is 6. The zero-order valence-corrected chi connectivity index (χ0v) is 17.8. The molecule has 0 aliphatic heterocycles. The SMILES string of the molecule is Cc1nn(CCc2nnc(-c3ccc(Cn4cc(Br)cn4)cc3)o2)c(C)c1Cl. The van der Waals surface area contributed by atoms with Gasteiger partial charge in [-0.05, 0) is 47.5 Å². The zero-order valence-electron chi connectivity index (χ0n) is 15.4. The van der Waals surface area contributed by atoms with E-state index in [9.17, 15) is 0 Å². The highest BCUT2D eigenvalue weighted by Crippen LogP contribution is 2.21. The van der Waals surface area contributed by atoms with Gasteiger partial charge in [-0.15, -0.1) is 10.2 Å². The first-order chi connectivity index (χ1) is 13.5. The van der Waals surface area contributed by atoms with Gasteiger partial charge in [-0.3, -0.25) is 9.36 Å². The van der Waals surface area contributed by atoms with E-state index in [1.807, 2.05) is 53.7 Å². The first-order valence-corrected chi connectivity index (χ1v) is 9.96. The Morgan fingerprint density at radius 2 is 1.93 bits per heavy atom. The van der Waals surface area contributed by atoms with E-state index in [0.29, 0.717) is 36.3 Å². The van der Waals surface area contributed by atoms with E-state index in [1.54, 1.807) is 6.20 Å². The summed E-state index contributed by atoms with van der Waals surface area (Å²) in [5.41, 5.74) is 3.80. The molecule has 0 amide bonds. The standard InChI is InChI=1S/C19H18BrClN6O/c1-12-18(21)13(2)27(25-12)8-7-17-23-24-19(28-17)15-5-3-14(4-6-15)10-26-11-16(20)9-22-26/h3-6,9,11H,7-8,10H2,1-2H3. The second-order valence-corrected chi connectivity index (χ2v) is 7.81. The number of benzene rings is 1. The number of nitrogens with zero attached hydrogens (tertiary/aromatic N) is 6. The maximum atomic E-state index is 6.19. The van der Waals surface area contributed by atoms with Gasteiger partial charge in [0.15, 0.2) is 0 Å². The Labute approximate surface area is 175 Å². The van der Waals surface area contributed by atoms with Crippen LogP contribution in [-0.4, -0.2) is 29.8 Å². The van der Waals surface area contributed by atoms with Crippen LogP contribution < -0.4 is 0 Å². The van der Waals surface area contributed by atoms with E-state index in [0.717, 1.165) is 27.0 Å². The normalized spacial score (nSPS) is 11.3. The van der Waals surface area contributed by atoms with Crippen molar-refractivity contribution in [1.29, 1.82) is 0 Å². The summed E-state index contributed by atoms with van der Waals surface area (Å²) in [7, 11) is 0. The average molecular weight is 462 g/mol. The summed E-state index contributed by atoms with van der Waals surface area (Å²) >= 11 is 9.59. The van der Waals surface area contributed by atoms with Crippen LogP contribution in [0.25, 0.3) is 11.5 Å². The molecule has 0 aliphatic rings. The summed E-state index contributed by atoms with van der Waals surface area (Å²) in [5, 5.41) is 17.7. The Morgan fingerprint density at radius 1 is 1.14 bits per heavy atom. The number of hydrogen-bond donors (Lipinski definition) is 0. The fourth-order valence-corrected chi connectivity index (χ4v) is 3.39. The highest BCUT2D eigenvalue weighted by molar-refractivity contribution is 9.10. The number of halogens is 2. The second-order valence-electron chi connectivity index (χ2n) is 6.51. The van der Waals surface area contributed by atoms with Gasteiger partial charge in [-0.1, -0.05) is 23.7 Å². The van der Waals surface area contributed by atoms with Gasteiger partial charge in [0.05, 0.1) is 33.6 Å². The highest BCUT2D eigenvalue weighted by atomic mass is 79.9. The van der Waals surface area contributed by atoms with Crippen LogP contribution in [0.4, 0.5) is 0 Å². The lowest BCUT2D eigenvalue weighted by atomic mass is 10.1. The minimum absolute atomic E-state index is 0.509. The molecule has 4 rings (SSSR count). The minimum atomic E-state index is 0.509. The summed E-state index contributed by atoms with van der Waals surface area (Å²) < 4.78 is 10.5. The Bertz CT molecular complexity index is 1100. The summed E-state index contributed by atoms with van der Waals surface area (Å²) in [6, 6.07) is 8.03. The van der Waals surface area contributed by atoms with Gasteiger partial charge in [0.2, 0.25) is 11.8 Å². The van der Waals surface area contributed by atoms with E-state index in [-0.39, 0.29) is 0 Å². The summed E-state index contributed by atoms with van der Waals surface area (Å²) in [6.45, 7) is 5.18. The first kappa shape index (κ1) is 18.9. The lowest BCUT2D eigenvalue weighted by molar-refractivity contribution is 0.471. The van der Waals surface area contributed by atoms with Crippen molar-refractivity contribution in [2.24, 2.45) is 0 Å². The minimum Gasteiger partial charge on any atom is -0.421 e. The quantitative estimate of drug-likeness (QED) is 0.424. The van der Waals surface area contributed by atoms with Crippen LogP contribution in [0.5, 0.6) is 0 Å². The lowest BCUT2D eigenvalue weighted by Gasteiger charge is -2.03. The van der Waals surface area contributed by atoms with Gasteiger partial charge < -0.3 is 4.42 Å². The smallest absolute Gasteiger partial charge is 0.247 e. The lowest BCUT2D eigenvalue weighted by Crippen LogP contribution is -2.05. The molecule has 7 nitrogen and oxygen atoms in total. The maximum absolute atomic E-state index is 6.19. The summed E-state index contributed by atoms with van der Waals surface area (Å²) in [5.74, 6) is 1.08. The van der Waals surface area contributed by atoms with Gasteiger partial charge in [-0.25, -0.2) is 0 Å². The van der Waals surface area contributed by atoms with E-state index in [2.05, 4.69) is 36.3 Å². The Hall–Kier alpha value is -2.45. The van der Waals surface area contributed by atoms with Crippen molar-refractivity contribution in [1.82, 2.24) is 29.8 Å². The molecule has 0 spiro atoms. The van der Waals surface area contributed by atoms with Crippen LogP contribution in [0, 0.1) is 13.8 Å². The second kappa shape index (κ2) is 7.89. The molecule has 28 heavy (non-hydrogen) atoms. The predicted molar refractivity (Wildman–Crippen MR) is 109 cm³/mol. The van der Waals surface area contributed by atoms with E-state index >= 15 is 0 Å². The topological polar surface area (TPSA) is 74.6 Å².